The largest absolute Gasteiger partial charge is 0.497 e. The van der Waals surface area contributed by atoms with Crippen molar-refractivity contribution in [2.75, 3.05) is 19.9 Å². The Bertz CT molecular complexity index is 459. The molecule has 0 saturated carbocycles. The fourth-order valence-electron chi connectivity index (χ4n) is 1.56. The minimum absolute atomic E-state index is 0.296. The first kappa shape index (κ1) is 13.3. The molecule has 0 spiro atoms. The monoisotopic (exact) mass is 281 g/mol. The molecule has 0 aliphatic heterocycles. The smallest absolute Gasteiger partial charge is 0.169 e. The fourth-order valence-corrected chi connectivity index (χ4v) is 3.18. The topological polar surface area (TPSA) is 47.0 Å². The Labute approximate surface area is 115 Å². The molecule has 2 rings (SSSR count). The molecular weight excluding hydrogens is 266 g/mol. The molecule has 0 aliphatic carbocycles. The van der Waals surface area contributed by atoms with Gasteiger partial charge in [0.2, 0.25) is 0 Å². The summed E-state index contributed by atoms with van der Waals surface area (Å²) in [6.07, 6.45) is 1.59. The lowest BCUT2D eigenvalue weighted by atomic mass is 10.1. The normalized spacial score (nSPS) is 12.3. The number of nitrogens with one attached hydrogen (secondary N) is 1. The summed E-state index contributed by atoms with van der Waals surface area (Å²) in [5.41, 5.74) is 1.25. The summed E-state index contributed by atoms with van der Waals surface area (Å²) in [7, 11) is 3.64. The summed E-state index contributed by atoms with van der Waals surface area (Å²) in [6, 6.07) is 8.43. The van der Waals surface area contributed by atoms with Gasteiger partial charge in [-0.1, -0.05) is 23.9 Å². The zero-order chi connectivity index (χ0) is 12.8. The average Bonchev–Trinajstić information content (AvgIpc) is 2.93. The molecule has 0 fully saturated rings. The van der Waals surface area contributed by atoms with Gasteiger partial charge >= 0.3 is 0 Å². The number of hydrogen-bond acceptors (Lipinski definition) is 6. The molecule has 4 nitrogen and oxygen atoms in total. The van der Waals surface area contributed by atoms with Crippen LogP contribution in [-0.2, 0) is 0 Å². The maximum atomic E-state index is 5.16. The highest BCUT2D eigenvalue weighted by molar-refractivity contribution is 8.00. The van der Waals surface area contributed by atoms with Gasteiger partial charge in [-0.2, -0.15) is 4.37 Å². The Kier molecular flexibility index (Phi) is 4.98. The van der Waals surface area contributed by atoms with Crippen LogP contribution in [0.15, 0.2) is 34.9 Å². The summed E-state index contributed by atoms with van der Waals surface area (Å²) >= 11 is 3.15. The first-order chi connectivity index (χ1) is 8.83. The van der Waals surface area contributed by atoms with Crippen LogP contribution in [0.5, 0.6) is 5.75 Å². The second kappa shape index (κ2) is 6.72. The molecule has 0 amide bonds. The average molecular weight is 281 g/mol. The van der Waals surface area contributed by atoms with E-state index >= 15 is 0 Å². The maximum Gasteiger partial charge on any atom is 0.169 e. The zero-order valence-electron chi connectivity index (χ0n) is 10.3. The van der Waals surface area contributed by atoms with Crippen molar-refractivity contribution in [3.63, 3.8) is 0 Å². The fraction of sp³-hybridized carbons (Fsp3) is 0.333. The third-order valence-corrected chi connectivity index (χ3v) is 4.47. The molecule has 0 aliphatic rings. The predicted octanol–water partition coefficient (Wildman–Crippen LogP) is 2.60. The predicted molar refractivity (Wildman–Crippen MR) is 75.4 cm³/mol. The van der Waals surface area contributed by atoms with Gasteiger partial charge in [0, 0.05) is 11.8 Å². The molecule has 1 N–H and O–H groups in total. The molecule has 1 aromatic carbocycles. The van der Waals surface area contributed by atoms with Crippen LogP contribution in [0.3, 0.4) is 0 Å². The Morgan fingerprint density at radius 3 is 2.72 bits per heavy atom. The summed E-state index contributed by atoms with van der Waals surface area (Å²) in [4.78, 5) is 4.17. The lowest BCUT2D eigenvalue weighted by Gasteiger charge is -2.15. The molecule has 0 bridgehead atoms. The highest BCUT2D eigenvalue weighted by atomic mass is 32.2. The lowest BCUT2D eigenvalue weighted by molar-refractivity contribution is 0.414. The molecule has 1 aromatic heterocycles. The van der Waals surface area contributed by atoms with Crippen molar-refractivity contribution >= 4 is 23.3 Å². The summed E-state index contributed by atoms with van der Waals surface area (Å²) in [5, 5.41) is 3.31. The number of benzene rings is 1. The SMILES string of the molecule is CNC(CSc1ncns1)c1ccc(OC)cc1. The van der Waals surface area contributed by atoms with Crippen LogP contribution in [0.2, 0.25) is 0 Å². The Morgan fingerprint density at radius 1 is 1.39 bits per heavy atom. The van der Waals surface area contributed by atoms with Gasteiger partial charge < -0.3 is 10.1 Å². The van der Waals surface area contributed by atoms with E-state index < -0.39 is 0 Å². The van der Waals surface area contributed by atoms with Crippen molar-refractivity contribution in [2.45, 2.75) is 10.4 Å². The van der Waals surface area contributed by atoms with Crippen molar-refractivity contribution in [1.29, 1.82) is 0 Å². The van der Waals surface area contributed by atoms with Gasteiger partial charge in [-0.15, -0.1) is 0 Å². The number of aromatic nitrogens is 2. The van der Waals surface area contributed by atoms with E-state index in [2.05, 4.69) is 26.8 Å². The highest BCUT2D eigenvalue weighted by Crippen LogP contribution is 2.26. The van der Waals surface area contributed by atoms with Crippen molar-refractivity contribution in [3.05, 3.63) is 36.2 Å². The number of nitrogens with zero attached hydrogens (tertiary/aromatic N) is 2. The van der Waals surface area contributed by atoms with E-state index in [1.54, 1.807) is 25.2 Å². The lowest BCUT2D eigenvalue weighted by Crippen LogP contribution is -2.18. The van der Waals surface area contributed by atoms with Crippen LogP contribution in [0.4, 0.5) is 0 Å². The Balaban J connectivity index is 1.98. The van der Waals surface area contributed by atoms with E-state index in [0.29, 0.717) is 6.04 Å². The number of hydrogen-bond donors (Lipinski definition) is 1. The second-order valence-corrected chi connectivity index (χ2v) is 5.68. The second-order valence-electron chi connectivity index (χ2n) is 3.63. The highest BCUT2D eigenvalue weighted by Gasteiger charge is 2.10. The molecule has 18 heavy (non-hydrogen) atoms. The van der Waals surface area contributed by atoms with Gasteiger partial charge in [0.15, 0.2) is 4.34 Å². The van der Waals surface area contributed by atoms with Crippen LogP contribution >= 0.6 is 23.3 Å². The van der Waals surface area contributed by atoms with Crippen LogP contribution in [0, 0.1) is 0 Å². The van der Waals surface area contributed by atoms with Crippen molar-refractivity contribution in [3.8, 4) is 5.75 Å². The number of methoxy groups -OCH3 is 1. The zero-order valence-corrected chi connectivity index (χ0v) is 11.9. The third kappa shape index (κ3) is 3.44. The number of thioether (sulfide) groups is 1. The van der Waals surface area contributed by atoms with Crippen LogP contribution in [0.25, 0.3) is 0 Å². The molecule has 2 aromatic rings. The summed E-state index contributed by atoms with van der Waals surface area (Å²) in [6.45, 7) is 0. The van der Waals surface area contributed by atoms with Crippen molar-refractivity contribution < 1.29 is 4.74 Å². The van der Waals surface area contributed by atoms with E-state index in [0.717, 1.165) is 15.8 Å². The quantitative estimate of drug-likeness (QED) is 0.825. The van der Waals surface area contributed by atoms with Gasteiger partial charge in [-0.05, 0) is 36.3 Å². The van der Waals surface area contributed by atoms with E-state index in [1.807, 2.05) is 19.2 Å². The van der Waals surface area contributed by atoms with Crippen molar-refractivity contribution in [2.24, 2.45) is 0 Å². The van der Waals surface area contributed by atoms with Crippen LogP contribution in [-0.4, -0.2) is 29.3 Å². The first-order valence-corrected chi connectivity index (χ1v) is 7.30. The van der Waals surface area contributed by atoms with Gasteiger partial charge in [-0.25, -0.2) is 4.98 Å². The molecule has 1 atom stereocenters. The Hall–Kier alpha value is -1.11. The minimum atomic E-state index is 0.296. The minimum Gasteiger partial charge on any atom is -0.497 e. The van der Waals surface area contributed by atoms with Gasteiger partial charge in [0.25, 0.3) is 0 Å². The summed E-state index contributed by atoms with van der Waals surface area (Å²) < 4.78 is 10.2. The van der Waals surface area contributed by atoms with E-state index in [-0.39, 0.29) is 0 Å². The maximum absolute atomic E-state index is 5.16. The molecule has 1 heterocycles. The number of ether oxygens (including phenoxy) is 1. The number of rotatable bonds is 6. The molecule has 0 saturated heterocycles. The van der Waals surface area contributed by atoms with Crippen LogP contribution < -0.4 is 10.1 Å². The van der Waals surface area contributed by atoms with Gasteiger partial charge in [0.05, 0.1) is 7.11 Å². The van der Waals surface area contributed by atoms with Gasteiger partial charge in [-0.3, -0.25) is 0 Å². The molecule has 1 unspecified atom stereocenters. The standard InChI is InChI=1S/C12H15N3OS2/c1-13-11(7-17-12-14-8-15-18-12)9-3-5-10(16-2)6-4-9/h3-6,8,11,13H,7H2,1-2H3. The van der Waals surface area contributed by atoms with Crippen LogP contribution in [0.1, 0.15) is 11.6 Å². The molecule has 0 radical (unpaired) electrons. The molecule has 96 valence electrons. The summed E-state index contributed by atoms with van der Waals surface area (Å²) in [5.74, 6) is 1.81. The molecular formula is C12H15N3OS2. The van der Waals surface area contributed by atoms with E-state index in [1.165, 1.54) is 17.1 Å². The third-order valence-electron chi connectivity index (χ3n) is 2.58. The van der Waals surface area contributed by atoms with Gasteiger partial charge in [0.1, 0.15) is 12.1 Å². The van der Waals surface area contributed by atoms with E-state index in [9.17, 15) is 0 Å². The molecule has 6 heteroatoms. The first-order valence-electron chi connectivity index (χ1n) is 5.54. The Morgan fingerprint density at radius 2 is 2.17 bits per heavy atom. The van der Waals surface area contributed by atoms with E-state index in [4.69, 9.17) is 4.74 Å². The van der Waals surface area contributed by atoms with Crippen molar-refractivity contribution in [1.82, 2.24) is 14.7 Å².